The summed E-state index contributed by atoms with van der Waals surface area (Å²) < 4.78 is 5.85. The van der Waals surface area contributed by atoms with Crippen molar-refractivity contribution in [3.63, 3.8) is 0 Å². The van der Waals surface area contributed by atoms with Crippen molar-refractivity contribution in [3.05, 3.63) is 29.8 Å². The number of hydrogen-bond donors (Lipinski definition) is 0. The van der Waals surface area contributed by atoms with Gasteiger partial charge >= 0.3 is 5.97 Å². The number of benzene rings is 1. The van der Waals surface area contributed by atoms with Gasteiger partial charge in [-0.05, 0) is 111 Å². The molecule has 0 atom stereocenters. The second-order valence-corrected chi connectivity index (χ2v) is 12.4. The molecule has 0 unspecified atom stereocenters. The molecule has 196 valence electrons. The number of ether oxygens (including phenoxy) is 1. The van der Waals surface area contributed by atoms with E-state index in [0.717, 1.165) is 42.3 Å². The maximum absolute atomic E-state index is 12.9. The van der Waals surface area contributed by atoms with Crippen LogP contribution in [0.25, 0.3) is 0 Å². The first-order valence-corrected chi connectivity index (χ1v) is 15.5. The maximum Gasteiger partial charge on any atom is 0.314 e. The molecule has 0 N–H and O–H groups in total. The van der Waals surface area contributed by atoms with Crippen molar-refractivity contribution < 1.29 is 9.53 Å². The van der Waals surface area contributed by atoms with Gasteiger partial charge in [-0.2, -0.15) is 0 Å². The SMILES string of the molecule is CCCCC[C@H]1CC[C@H](c2ccc(OC(=O)[C@H]3CC[C@H](C4CCC(CCC)CC4)CC3)cc2)CC1. The molecule has 0 bridgehead atoms. The van der Waals surface area contributed by atoms with Crippen LogP contribution in [0.4, 0.5) is 0 Å². The van der Waals surface area contributed by atoms with Gasteiger partial charge in [0, 0.05) is 0 Å². The number of esters is 1. The number of carbonyl (C=O) groups excluding carboxylic acids is 1. The Labute approximate surface area is 216 Å². The highest BCUT2D eigenvalue weighted by molar-refractivity contribution is 5.75. The monoisotopic (exact) mass is 480 g/mol. The Kier molecular flexibility index (Phi) is 10.6. The summed E-state index contributed by atoms with van der Waals surface area (Å²) in [5.41, 5.74) is 1.44. The lowest BCUT2D eigenvalue weighted by molar-refractivity contribution is -0.140. The van der Waals surface area contributed by atoms with Crippen LogP contribution in [0.15, 0.2) is 24.3 Å². The fraction of sp³-hybridized carbons (Fsp3) is 0.788. The second-order valence-electron chi connectivity index (χ2n) is 12.4. The molecule has 0 amide bonds. The minimum absolute atomic E-state index is 0.00967. The minimum Gasteiger partial charge on any atom is -0.426 e. The van der Waals surface area contributed by atoms with Crippen LogP contribution < -0.4 is 4.74 Å². The molecule has 3 aliphatic rings. The van der Waals surface area contributed by atoms with Crippen molar-refractivity contribution in [3.8, 4) is 5.75 Å². The molecule has 0 spiro atoms. The van der Waals surface area contributed by atoms with Crippen molar-refractivity contribution >= 4 is 5.97 Å². The predicted octanol–water partition coefficient (Wildman–Crippen LogP) is 9.86. The molecule has 3 aliphatic carbocycles. The largest absolute Gasteiger partial charge is 0.426 e. The Morgan fingerprint density at radius 2 is 1.26 bits per heavy atom. The molecule has 2 nitrogen and oxygen atoms in total. The van der Waals surface area contributed by atoms with Gasteiger partial charge < -0.3 is 4.74 Å². The van der Waals surface area contributed by atoms with E-state index < -0.39 is 0 Å². The molecular weight excluding hydrogens is 428 g/mol. The highest BCUT2D eigenvalue weighted by atomic mass is 16.5. The van der Waals surface area contributed by atoms with E-state index in [1.165, 1.54) is 108 Å². The lowest BCUT2D eigenvalue weighted by Gasteiger charge is -2.37. The fourth-order valence-corrected chi connectivity index (χ4v) is 7.66. The van der Waals surface area contributed by atoms with E-state index in [1.54, 1.807) is 0 Å². The summed E-state index contributed by atoms with van der Waals surface area (Å²) in [7, 11) is 0. The first-order valence-electron chi connectivity index (χ1n) is 15.5. The van der Waals surface area contributed by atoms with E-state index in [9.17, 15) is 4.79 Å². The van der Waals surface area contributed by atoms with Crippen LogP contribution in [-0.2, 0) is 4.79 Å². The van der Waals surface area contributed by atoms with Gasteiger partial charge in [-0.3, -0.25) is 4.79 Å². The molecular formula is C33H52O2. The van der Waals surface area contributed by atoms with Gasteiger partial charge in [-0.15, -0.1) is 0 Å². The number of unbranched alkanes of at least 4 members (excludes halogenated alkanes) is 2. The minimum atomic E-state index is 0.00967. The van der Waals surface area contributed by atoms with Crippen molar-refractivity contribution in [1.82, 2.24) is 0 Å². The zero-order valence-electron chi connectivity index (χ0n) is 22.8. The summed E-state index contributed by atoms with van der Waals surface area (Å²) in [5, 5.41) is 0. The predicted molar refractivity (Wildman–Crippen MR) is 147 cm³/mol. The topological polar surface area (TPSA) is 26.3 Å². The van der Waals surface area contributed by atoms with E-state index >= 15 is 0 Å². The van der Waals surface area contributed by atoms with E-state index in [4.69, 9.17) is 4.74 Å². The Hall–Kier alpha value is -1.31. The molecule has 2 heteroatoms. The third-order valence-electron chi connectivity index (χ3n) is 9.99. The van der Waals surface area contributed by atoms with Crippen molar-refractivity contribution in [2.24, 2.45) is 29.6 Å². The first-order chi connectivity index (χ1) is 17.2. The Morgan fingerprint density at radius 1 is 0.686 bits per heavy atom. The van der Waals surface area contributed by atoms with E-state index in [1.807, 2.05) is 12.1 Å². The van der Waals surface area contributed by atoms with Crippen LogP contribution in [-0.4, -0.2) is 5.97 Å². The molecule has 0 aliphatic heterocycles. The quantitative estimate of drug-likeness (QED) is 0.189. The molecule has 0 heterocycles. The highest BCUT2D eigenvalue weighted by Gasteiger charge is 2.33. The molecule has 1 aromatic rings. The Bertz CT molecular complexity index is 729. The lowest BCUT2D eigenvalue weighted by Crippen LogP contribution is -2.30. The summed E-state index contributed by atoms with van der Waals surface area (Å²) in [6, 6.07) is 8.52. The third kappa shape index (κ3) is 7.83. The van der Waals surface area contributed by atoms with Crippen molar-refractivity contribution in [1.29, 1.82) is 0 Å². The first kappa shape index (κ1) is 26.7. The Morgan fingerprint density at radius 3 is 1.86 bits per heavy atom. The zero-order chi connectivity index (χ0) is 24.5. The highest BCUT2D eigenvalue weighted by Crippen LogP contribution is 2.43. The van der Waals surface area contributed by atoms with Crippen LogP contribution in [0.3, 0.4) is 0 Å². The van der Waals surface area contributed by atoms with Gasteiger partial charge in [0.1, 0.15) is 5.75 Å². The normalized spacial score (nSPS) is 31.7. The van der Waals surface area contributed by atoms with Gasteiger partial charge in [0.15, 0.2) is 0 Å². The smallest absolute Gasteiger partial charge is 0.314 e. The lowest BCUT2D eigenvalue weighted by atomic mass is 9.69. The maximum atomic E-state index is 12.9. The number of carbonyl (C=O) groups is 1. The molecule has 0 aromatic heterocycles. The van der Waals surface area contributed by atoms with Crippen LogP contribution in [0.5, 0.6) is 5.75 Å². The summed E-state index contributed by atoms with van der Waals surface area (Å²) >= 11 is 0. The van der Waals surface area contributed by atoms with E-state index in [0.29, 0.717) is 5.92 Å². The summed E-state index contributed by atoms with van der Waals surface area (Å²) in [4.78, 5) is 12.9. The summed E-state index contributed by atoms with van der Waals surface area (Å²) in [5.74, 6) is 5.24. The van der Waals surface area contributed by atoms with Crippen molar-refractivity contribution in [2.75, 3.05) is 0 Å². The van der Waals surface area contributed by atoms with E-state index in [-0.39, 0.29) is 11.9 Å². The van der Waals surface area contributed by atoms with E-state index in [2.05, 4.69) is 26.0 Å². The van der Waals surface area contributed by atoms with Gasteiger partial charge in [-0.25, -0.2) is 0 Å². The van der Waals surface area contributed by atoms with Crippen LogP contribution in [0.2, 0.25) is 0 Å². The standard InChI is InChI=1S/C33H52O2/c1-3-5-6-8-26-11-15-28(16-12-26)30-21-23-32(24-22-30)35-33(34)31-19-17-29(18-20-31)27-13-9-25(7-4-2)10-14-27/h21-29,31H,3-20H2,1-2H3/t25?,26-,27?,28-,29-,31-. The van der Waals surface area contributed by atoms with Crippen LogP contribution in [0, 0.1) is 29.6 Å². The van der Waals surface area contributed by atoms with Crippen LogP contribution >= 0.6 is 0 Å². The molecule has 4 rings (SSSR count). The van der Waals surface area contributed by atoms with Crippen LogP contribution in [0.1, 0.15) is 141 Å². The third-order valence-corrected chi connectivity index (χ3v) is 9.99. The molecule has 1 aromatic carbocycles. The average molecular weight is 481 g/mol. The molecule has 0 radical (unpaired) electrons. The van der Waals surface area contributed by atoms with Gasteiger partial charge in [0.2, 0.25) is 0 Å². The fourth-order valence-electron chi connectivity index (χ4n) is 7.66. The molecule has 3 fully saturated rings. The molecule has 3 saturated carbocycles. The average Bonchev–Trinajstić information content (AvgIpc) is 2.90. The molecule has 35 heavy (non-hydrogen) atoms. The van der Waals surface area contributed by atoms with Gasteiger partial charge in [0.05, 0.1) is 5.92 Å². The Balaban J connectivity index is 1.16. The summed E-state index contributed by atoms with van der Waals surface area (Å²) in [6.07, 6.45) is 24.0. The zero-order valence-corrected chi connectivity index (χ0v) is 22.8. The number of hydrogen-bond acceptors (Lipinski definition) is 2. The second kappa shape index (κ2) is 13.8. The summed E-state index contributed by atoms with van der Waals surface area (Å²) in [6.45, 7) is 4.62. The number of rotatable bonds is 10. The van der Waals surface area contributed by atoms with Gasteiger partial charge in [0.25, 0.3) is 0 Å². The molecule has 0 saturated heterocycles. The van der Waals surface area contributed by atoms with Crippen molar-refractivity contribution in [2.45, 2.75) is 135 Å². The van der Waals surface area contributed by atoms with Gasteiger partial charge in [-0.1, -0.05) is 77.3 Å².